The fourth-order valence-corrected chi connectivity index (χ4v) is 9.32. The van der Waals surface area contributed by atoms with E-state index in [1.54, 1.807) is 60.7 Å². The Balaban J connectivity index is 1.12. The van der Waals surface area contributed by atoms with Crippen LogP contribution in [-0.4, -0.2) is 50.5 Å². The maximum absolute atomic E-state index is 14.3. The molecule has 1 unspecified atom stereocenters. The van der Waals surface area contributed by atoms with E-state index < -0.39 is 17.1 Å². The van der Waals surface area contributed by atoms with Gasteiger partial charge in [-0.15, -0.1) is 23.1 Å². The van der Waals surface area contributed by atoms with Crippen LogP contribution in [0.5, 0.6) is 17.2 Å². The highest BCUT2D eigenvalue weighted by Gasteiger charge is 2.29. The Labute approximate surface area is 363 Å². The Kier molecular flexibility index (Phi) is 13.8. The number of carbonyl (C=O) groups excluding carboxylic acids is 3. The topological polar surface area (TPSA) is 142 Å². The number of anilines is 2. The molecule has 1 atom stereocenters. The third kappa shape index (κ3) is 10.3. The lowest BCUT2D eigenvalue weighted by molar-refractivity contribution is -0.116. The monoisotopic (exact) mass is 849 g/mol. The smallest absolute Gasteiger partial charge is 0.272 e. The Morgan fingerprint density at radius 1 is 0.836 bits per heavy atom. The normalized spacial score (nSPS) is 12.9. The van der Waals surface area contributed by atoms with Gasteiger partial charge in [0, 0.05) is 40.7 Å². The van der Waals surface area contributed by atoms with E-state index in [-0.39, 0.29) is 11.6 Å². The van der Waals surface area contributed by atoms with Gasteiger partial charge in [0.2, 0.25) is 11.7 Å². The van der Waals surface area contributed by atoms with Crippen molar-refractivity contribution in [3.05, 3.63) is 171 Å². The van der Waals surface area contributed by atoms with Crippen molar-refractivity contribution >= 4 is 57.6 Å². The first-order valence-corrected chi connectivity index (χ1v) is 21.1. The summed E-state index contributed by atoms with van der Waals surface area (Å²) in [7, 11) is 4.48. The maximum Gasteiger partial charge on any atom is 0.272 e. The summed E-state index contributed by atoms with van der Waals surface area (Å²) >= 11 is 2.78. The van der Waals surface area contributed by atoms with Crippen LogP contribution >= 0.6 is 23.1 Å². The molecule has 1 aliphatic heterocycles. The van der Waals surface area contributed by atoms with E-state index in [1.165, 1.54) is 56.1 Å². The minimum Gasteiger partial charge on any atom is -0.493 e. The van der Waals surface area contributed by atoms with Crippen molar-refractivity contribution in [3.63, 3.8) is 0 Å². The zero-order chi connectivity index (χ0) is 42.7. The molecule has 0 aliphatic carbocycles. The molecule has 5 aromatic carbocycles. The second-order valence-electron chi connectivity index (χ2n) is 14.0. The molecule has 0 bridgehead atoms. The van der Waals surface area contributed by atoms with Crippen LogP contribution in [0, 0.1) is 11.3 Å². The fourth-order valence-electron chi connectivity index (χ4n) is 6.99. The molecule has 0 saturated carbocycles. The minimum atomic E-state index is -0.701. The van der Waals surface area contributed by atoms with Gasteiger partial charge >= 0.3 is 0 Å². The number of nitrogens with one attached hydrogen (secondary N) is 3. The quantitative estimate of drug-likeness (QED) is 0.0682. The van der Waals surface area contributed by atoms with Crippen LogP contribution in [0.15, 0.2) is 138 Å². The molecule has 0 fully saturated rings. The molecule has 7 rings (SSSR count). The first-order valence-electron chi connectivity index (χ1n) is 19.4. The molecule has 2 heterocycles. The zero-order valence-electron chi connectivity index (χ0n) is 33.8. The van der Waals surface area contributed by atoms with E-state index in [4.69, 9.17) is 14.2 Å². The molecule has 0 saturated heterocycles. The van der Waals surface area contributed by atoms with Gasteiger partial charge in [-0.2, -0.15) is 5.26 Å². The molecule has 1 aromatic heterocycles. The highest BCUT2D eigenvalue weighted by molar-refractivity contribution is 8.00. The number of hydrogen-bond donors (Lipinski definition) is 3. The van der Waals surface area contributed by atoms with Crippen LogP contribution in [-0.2, 0) is 29.1 Å². The number of thiophene rings is 1. The second kappa shape index (κ2) is 19.9. The number of methoxy groups -OCH3 is 3. The lowest BCUT2D eigenvalue weighted by Crippen LogP contribution is -2.30. The summed E-state index contributed by atoms with van der Waals surface area (Å²) in [5.41, 5.74) is 4.77. The fraction of sp³-hybridized carbons (Fsp3) is 0.167. The van der Waals surface area contributed by atoms with Gasteiger partial charge in [0.05, 0.1) is 26.9 Å². The van der Waals surface area contributed by atoms with Crippen molar-refractivity contribution in [2.45, 2.75) is 29.7 Å². The molecule has 1 aliphatic rings. The number of nitriles is 1. The number of amides is 3. The molecule has 6 aromatic rings. The first kappa shape index (κ1) is 42.3. The first-order chi connectivity index (χ1) is 29.8. The number of rotatable bonds is 15. The molecule has 308 valence electrons. The number of thioether (sulfide) groups is 1. The Morgan fingerprint density at radius 3 is 2.16 bits per heavy atom. The van der Waals surface area contributed by atoms with E-state index in [2.05, 4.69) is 39.1 Å². The Bertz CT molecular complexity index is 2570. The Hall–Kier alpha value is -6.85. The lowest BCUT2D eigenvalue weighted by Gasteiger charge is -2.26. The molecule has 13 heteroatoms. The number of nitrogens with zero attached hydrogens (tertiary/aromatic N) is 2. The SMILES string of the molecule is COc1cc(/C=C(/NC(=O)c2ccccc2)C(=O)Nc2cccc(SC(C(=O)Nc3sc4c(c3C#N)CCN(Cc3ccccc3)C4)c3ccccc3)c2)cc(OC)c1OC. The standard InChI is InChI=1S/C48H43N5O6S2/c1-57-40-25-32(26-41(58-2)43(40)59-3)24-39(51-45(54)34-18-11-6-12-19-34)46(55)50-35-20-13-21-36(27-35)60-44(33-16-9-5-10-17-33)47(56)52-48-38(28-49)37-22-23-53(30-42(37)61-48)29-31-14-7-4-8-15-31/h4-21,24-27,44H,22-23,29-30H2,1-3H3,(H,50,55)(H,51,54)(H,52,56)/b39-24+. The van der Waals surface area contributed by atoms with Gasteiger partial charge < -0.3 is 30.2 Å². The number of benzene rings is 5. The molecule has 3 N–H and O–H groups in total. The van der Waals surface area contributed by atoms with Crippen molar-refractivity contribution in [2.75, 3.05) is 38.5 Å². The van der Waals surface area contributed by atoms with Gasteiger partial charge in [-0.1, -0.05) is 84.9 Å². The van der Waals surface area contributed by atoms with Gasteiger partial charge in [-0.25, -0.2) is 0 Å². The van der Waals surface area contributed by atoms with Gasteiger partial charge in [0.15, 0.2) is 11.5 Å². The molecular formula is C48H43N5O6S2. The van der Waals surface area contributed by atoms with Crippen LogP contribution in [0.3, 0.4) is 0 Å². The predicted molar refractivity (Wildman–Crippen MR) is 240 cm³/mol. The van der Waals surface area contributed by atoms with Crippen molar-refractivity contribution in [2.24, 2.45) is 0 Å². The summed E-state index contributed by atoms with van der Waals surface area (Å²) < 4.78 is 16.5. The largest absolute Gasteiger partial charge is 0.493 e. The minimum absolute atomic E-state index is 0.0437. The van der Waals surface area contributed by atoms with Crippen molar-refractivity contribution in [3.8, 4) is 23.3 Å². The summed E-state index contributed by atoms with van der Waals surface area (Å²) in [4.78, 5) is 45.9. The summed E-state index contributed by atoms with van der Waals surface area (Å²) in [6, 6.07) is 41.2. The van der Waals surface area contributed by atoms with Crippen molar-refractivity contribution < 1.29 is 28.6 Å². The van der Waals surface area contributed by atoms with E-state index in [0.29, 0.717) is 56.1 Å². The summed E-state index contributed by atoms with van der Waals surface area (Å²) in [6.07, 6.45) is 2.25. The summed E-state index contributed by atoms with van der Waals surface area (Å²) in [5.74, 6) is -0.226. The van der Waals surface area contributed by atoms with Gasteiger partial charge in [0.25, 0.3) is 11.8 Å². The highest BCUT2D eigenvalue weighted by Crippen LogP contribution is 2.42. The molecular weight excluding hydrogens is 807 g/mol. The lowest BCUT2D eigenvalue weighted by atomic mass is 10.0. The summed E-state index contributed by atoms with van der Waals surface area (Å²) in [6.45, 7) is 2.32. The van der Waals surface area contributed by atoms with Crippen molar-refractivity contribution in [1.29, 1.82) is 5.26 Å². The average Bonchev–Trinajstić information content (AvgIpc) is 3.64. The number of carbonyl (C=O) groups is 3. The van der Waals surface area contributed by atoms with E-state index in [1.807, 2.05) is 54.6 Å². The van der Waals surface area contributed by atoms with Gasteiger partial charge in [-0.05, 0) is 77.2 Å². The maximum atomic E-state index is 14.3. The zero-order valence-corrected chi connectivity index (χ0v) is 35.4. The van der Waals surface area contributed by atoms with Crippen LogP contribution < -0.4 is 30.2 Å². The number of hydrogen-bond acceptors (Lipinski definition) is 10. The van der Waals surface area contributed by atoms with Crippen LogP contribution in [0.1, 0.15) is 48.3 Å². The van der Waals surface area contributed by atoms with Crippen LogP contribution in [0.2, 0.25) is 0 Å². The molecule has 0 spiro atoms. The third-order valence-corrected chi connectivity index (χ3v) is 12.3. The number of fused-ring (bicyclic) bond motifs is 1. The molecule has 0 radical (unpaired) electrons. The van der Waals surface area contributed by atoms with Crippen LogP contribution in [0.4, 0.5) is 10.7 Å². The van der Waals surface area contributed by atoms with Gasteiger partial charge in [0.1, 0.15) is 22.0 Å². The molecule has 61 heavy (non-hydrogen) atoms. The second-order valence-corrected chi connectivity index (χ2v) is 16.3. The summed E-state index contributed by atoms with van der Waals surface area (Å²) in [5, 5.41) is 18.9. The van der Waals surface area contributed by atoms with Crippen molar-refractivity contribution in [1.82, 2.24) is 10.2 Å². The van der Waals surface area contributed by atoms with Crippen LogP contribution in [0.25, 0.3) is 6.08 Å². The van der Waals surface area contributed by atoms with E-state index in [9.17, 15) is 19.6 Å². The Morgan fingerprint density at radius 2 is 1.51 bits per heavy atom. The van der Waals surface area contributed by atoms with E-state index >= 15 is 0 Å². The highest BCUT2D eigenvalue weighted by atomic mass is 32.2. The predicted octanol–water partition coefficient (Wildman–Crippen LogP) is 9.09. The van der Waals surface area contributed by atoms with Gasteiger partial charge in [-0.3, -0.25) is 19.3 Å². The van der Waals surface area contributed by atoms with E-state index in [0.717, 1.165) is 35.5 Å². The molecule has 11 nitrogen and oxygen atoms in total. The molecule has 3 amide bonds. The third-order valence-electron chi connectivity index (χ3n) is 9.95. The number of ether oxygens (including phenoxy) is 3. The average molecular weight is 850 g/mol.